The number of hydrogen-bond acceptors (Lipinski definition) is 2. The molecule has 2 rings (SSSR count). The van der Waals surface area contributed by atoms with Crippen LogP contribution >= 0.6 is 0 Å². The van der Waals surface area contributed by atoms with E-state index in [-0.39, 0.29) is 5.41 Å². The van der Waals surface area contributed by atoms with Crippen LogP contribution in [0.3, 0.4) is 0 Å². The number of aromatic nitrogens is 1. The van der Waals surface area contributed by atoms with E-state index >= 15 is 0 Å². The number of hydrogen-bond donors (Lipinski definition) is 1. The van der Waals surface area contributed by atoms with Gasteiger partial charge in [0.1, 0.15) is 6.10 Å². The van der Waals surface area contributed by atoms with Crippen LogP contribution in [0.2, 0.25) is 0 Å². The van der Waals surface area contributed by atoms with Gasteiger partial charge < -0.3 is 5.11 Å². The highest BCUT2D eigenvalue weighted by molar-refractivity contribution is 5.58. The third-order valence-electron chi connectivity index (χ3n) is 2.94. The van der Waals surface area contributed by atoms with Crippen molar-refractivity contribution in [3.05, 3.63) is 54.2 Å². The molecular formula is C16H19NO. The van der Waals surface area contributed by atoms with Gasteiger partial charge in [-0.25, -0.2) is 0 Å². The first-order chi connectivity index (χ1) is 8.48. The van der Waals surface area contributed by atoms with Crippen LogP contribution in [0.25, 0.3) is 11.3 Å². The fourth-order valence-corrected chi connectivity index (χ4v) is 1.82. The summed E-state index contributed by atoms with van der Waals surface area (Å²) in [5.74, 6) is 0. The molecular weight excluding hydrogens is 222 g/mol. The standard InChI is InChI=1S/C16H19NO/c1-16(2,3)15(18)14-11-7-10-13(17-14)12-8-5-4-6-9-12/h4-11,15,18H,1-3H3. The van der Waals surface area contributed by atoms with Gasteiger partial charge in [0.2, 0.25) is 0 Å². The molecule has 0 saturated carbocycles. The maximum absolute atomic E-state index is 10.3. The van der Waals surface area contributed by atoms with Gasteiger partial charge in [0.25, 0.3) is 0 Å². The quantitative estimate of drug-likeness (QED) is 0.866. The second-order valence-corrected chi connectivity index (χ2v) is 5.58. The Labute approximate surface area is 108 Å². The molecule has 1 N–H and O–H groups in total. The molecule has 0 aliphatic carbocycles. The van der Waals surface area contributed by atoms with Crippen molar-refractivity contribution in [2.75, 3.05) is 0 Å². The Morgan fingerprint density at radius 3 is 2.22 bits per heavy atom. The summed E-state index contributed by atoms with van der Waals surface area (Å²) < 4.78 is 0. The summed E-state index contributed by atoms with van der Waals surface area (Å²) in [4.78, 5) is 4.56. The number of rotatable bonds is 2. The van der Waals surface area contributed by atoms with Crippen LogP contribution in [0, 0.1) is 5.41 Å². The zero-order chi connectivity index (χ0) is 13.2. The van der Waals surface area contributed by atoms with Crippen molar-refractivity contribution in [1.29, 1.82) is 0 Å². The van der Waals surface area contributed by atoms with Gasteiger partial charge in [-0.3, -0.25) is 4.98 Å². The predicted octanol–water partition coefficient (Wildman–Crippen LogP) is 3.83. The van der Waals surface area contributed by atoms with E-state index in [1.165, 1.54) is 0 Å². The second-order valence-electron chi connectivity index (χ2n) is 5.58. The highest BCUT2D eigenvalue weighted by atomic mass is 16.3. The maximum Gasteiger partial charge on any atom is 0.101 e. The first-order valence-electron chi connectivity index (χ1n) is 6.19. The highest BCUT2D eigenvalue weighted by Gasteiger charge is 2.25. The molecule has 0 saturated heterocycles. The van der Waals surface area contributed by atoms with Gasteiger partial charge in [-0.05, 0) is 17.5 Å². The summed E-state index contributed by atoms with van der Waals surface area (Å²) in [6.45, 7) is 6.03. The normalized spacial score (nSPS) is 13.3. The third kappa shape index (κ3) is 2.77. The van der Waals surface area contributed by atoms with Gasteiger partial charge in [-0.2, -0.15) is 0 Å². The molecule has 0 aliphatic heterocycles. The predicted molar refractivity (Wildman–Crippen MR) is 74.1 cm³/mol. The summed E-state index contributed by atoms with van der Waals surface area (Å²) in [7, 11) is 0. The number of benzene rings is 1. The average Bonchev–Trinajstić information content (AvgIpc) is 2.38. The molecule has 0 bridgehead atoms. The van der Waals surface area contributed by atoms with Gasteiger partial charge in [-0.15, -0.1) is 0 Å². The molecule has 2 aromatic rings. The minimum absolute atomic E-state index is 0.206. The van der Waals surface area contributed by atoms with E-state index < -0.39 is 6.10 Å². The topological polar surface area (TPSA) is 33.1 Å². The van der Waals surface area contributed by atoms with Crippen LogP contribution in [0.15, 0.2) is 48.5 Å². The summed E-state index contributed by atoms with van der Waals surface area (Å²) in [5.41, 5.74) is 2.49. The van der Waals surface area contributed by atoms with Crippen LogP contribution in [0.5, 0.6) is 0 Å². The molecule has 1 atom stereocenters. The van der Waals surface area contributed by atoms with Gasteiger partial charge in [0, 0.05) is 5.56 Å². The number of pyridine rings is 1. The van der Waals surface area contributed by atoms with E-state index in [2.05, 4.69) is 4.98 Å². The molecule has 2 heteroatoms. The van der Waals surface area contributed by atoms with Crippen molar-refractivity contribution >= 4 is 0 Å². The summed E-state index contributed by atoms with van der Waals surface area (Å²) >= 11 is 0. The van der Waals surface area contributed by atoms with Gasteiger partial charge >= 0.3 is 0 Å². The fourth-order valence-electron chi connectivity index (χ4n) is 1.82. The molecule has 94 valence electrons. The lowest BCUT2D eigenvalue weighted by Gasteiger charge is -2.25. The Balaban J connectivity index is 2.37. The van der Waals surface area contributed by atoms with E-state index in [4.69, 9.17) is 0 Å². The Bertz CT molecular complexity index is 514. The van der Waals surface area contributed by atoms with Gasteiger partial charge in [0.05, 0.1) is 11.4 Å². The fraction of sp³-hybridized carbons (Fsp3) is 0.312. The lowest BCUT2D eigenvalue weighted by molar-refractivity contribution is 0.0590. The second kappa shape index (κ2) is 4.91. The highest BCUT2D eigenvalue weighted by Crippen LogP contribution is 2.32. The largest absolute Gasteiger partial charge is 0.386 e. The lowest BCUT2D eigenvalue weighted by atomic mass is 9.87. The summed E-state index contributed by atoms with van der Waals surface area (Å²) in [6, 6.07) is 15.8. The lowest BCUT2D eigenvalue weighted by Crippen LogP contribution is -2.19. The van der Waals surface area contributed by atoms with Crippen molar-refractivity contribution in [3.63, 3.8) is 0 Å². The smallest absolute Gasteiger partial charge is 0.101 e. The van der Waals surface area contributed by atoms with Crippen LogP contribution < -0.4 is 0 Å². The molecule has 0 aliphatic rings. The van der Waals surface area contributed by atoms with E-state index in [1.54, 1.807) is 0 Å². The van der Waals surface area contributed by atoms with Gasteiger partial charge in [-0.1, -0.05) is 57.2 Å². The third-order valence-corrected chi connectivity index (χ3v) is 2.94. The van der Waals surface area contributed by atoms with Crippen molar-refractivity contribution < 1.29 is 5.11 Å². The number of aliphatic hydroxyl groups excluding tert-OH is 1. The monoisotopic (exact) mass is 241 g/mol. The van der Waals surface area contributed by atoms with Crippen LogP contribution in [-0.4, -0.2) is 10.1 Å². The van der Waals surface area contributed by atoms with Crippen molar-refractivity contribution in [1.82, 2.24) is 4.98 Å². The Morgan fingerprint density at radius 1 is 0.944 bits per heavy atom. The SMILES string of the molecule is CC(C)(C)C(O)c1cccc(-c2ccccc2)n1. The number of aliphatic hydroxyl groups is 1. The Kier molecular flexibility index (Phi) is 3.48. The van der Waals surface area contributed by atoms with E-state index in [9.17, 15) is 5.11 Å². The summed E-state index contributed by atoms with van der Waals surface area (Å²) in [5, 5.41) is 10.3. The molecule has 0 amide bonds. The molecule has 1 aromatic heterocycles. The van der Waals surface area contributed by atoms with E-state index in [0.29, 0.717) is 0 Å². The molecule has 2 nitrogen and oxygen atoms in total. The minimum atomic E-state index is -0.554. The maximum atomic E-state index is 10.3. The van der Waals surface area contributed by atoms with E-state index in [0.717, 1.165) is 17.0 Å². The Hall–Kier alpha value is -1.67. The molecule has 1 heterocycles. The van der Waals surface area contributed by atoms with E-state index in [1.807, 2.05) is 69.3 Å². The zero-order valence-corrected chi connectivity index (χ0v) is 11.1. The van der Waals surface area contributed by atoms with Crippen LogP contribution in [0.4, 0.5) is 0 Å². The van der Waals surface area contributed by atoms with Gasteiger partial charge in [0.15, 0.2) is 0 Å². The van der Waals surface area contributed by atoms with Crippen molar-refractivity contribution in [3.8, 4) is 11.3 Å². The minimum Gasteiger partial charge on any atom is -0.386 e. The first-order valence-corrected chi connectivity index (χ1v) is 6.19. The molecule has 1 unspecified atom stereocenters. The summed E-state index contributed by atoms with van der Waals surface area (Å²) in [6.07, 6.45) is -0.554. The molecule has 18 heavy (non-hydrogen) atoms. The Morgan fingerprint density at radius 2 is 1.61 bits per heavy atom. The molecule has 0 radical (unpaired) electrons. The zero-order valence-electron chi connectivity index (χ0n) is 11.1. The van der Waals surface area contributed by atoms with Crippen LogP contribution in [-0.2, 0) is 0 Å². The van der Waals surface area contributed by atoms with Crippen LogP contribution in [0.1, 0.15) is 32.6 Å². The molecule has 1 aromatic carbocycles. The average molecular weight is 241 g/mol. The molecule has 0 fully saturated rings. The molecule has 0 spiro atoms. The van der Waals surface area contributed by atoms with Crippen molar-refractivity contribution in [2.24, 2.45) is 5.41 Å². The number of nitrogens with zero attached hydrogens (tertiary/aromatic N) is 1. The van der Waals surface area contributed by atoms with Crippen molar-refractivity contribution in [2.45, 2.75) is 26.9 Å². The first kappa shape index (κ1) is 12.8.